The summed E-state index contributed by atoms with van der Waals surface area (Å²) in [5, 5.41) is 13.4. The van der Waals surface area contributed by atoms with Crippen molar-refractivity contribution >= 4 is 96.1 Å². The number of nitriles is 1. The molecule has 0 saturated heterocycles. The van der Waals surface area contributed by atoms with Crippen LogP contribution >= 0.6 is 0 Å². The van der Waals surface area contributed by atoms with Crippen molar-refractivity contribution in [3.05, 3.63) is 211 Å². The molecule has 13 rings (SSSR count). The highest BCUT2D eigenvalue weighted by molar-refractivity contribution is 7.00. The molecule has 0 fully saturated rings. The number of benzene rings is 9. The fourth-order valence-corrected chi connectivity index (χ4v) is 11.5. The Kier molecular flexibility index (Phi) is 8.83. The van der Waals surface area contributed by atoms with Gasteiger partial charge in [0.1, 0.15) is 0 Å². The molecule has 69 heavy (non-hydrogen) atoms. The molecule has 9 aromatic carbocycles. The maximum absolute atomic E-state index is 11.0. The molecule has 330 valence electrons. The van der Waals surface area contributed by atoms with E-state index in [0.29, 0.717) is 5.56 Å². The van der Waals surface area contributed by atoms with E-state index in [0.717, 1.165) is 62.4 Å². The van der Waals surface area contributed by atoms with E-state index in [1.54, 1.807) is 0 Å². The molecule has 0 N–H and O–H groups in total. The van der Waals surface area contributed by atoms with Gasteiger partial charge in [0.05, 0.1) is 39.7 Å². The van der Waals surface area contributed by atoms with Crippen molar-refractivity contribution in [2.24, 2.45) is 0 Å². The predicted octanol–water partition coefficient (Wildman–Crippen LogP) is 14.8. The minimum Gasteiger partial charge on any atom is -0.311 e. The molecule has 0 amide bonds. The van der Waals surface area contributed by atoms with Gasteiger partial charge in [-0.05, 0) is 128 Å². The van der Waals surface area contributed by atoms with Crippen LogP contribution in [0.1, 0.15) is 58.2 Å². The van der Waals surface area contributed by atoms with Gasteiger partial charge >= 0.3 is 0 Å². The largest absolute Gasteiger partial charge is 0.311 e. The van der Waals surface area contributed by atoms with Crippen molar-refractivity contribution in [3.63, 3.8) is 0 Å². The Labute approximate surface area is 404 Å². The molecule has 4 heterocycles. The highest BCUT2D eigenvalue weighted by atomic mass is 15.2. The lowest BCUT2D eigenvalue weighted by atomic mass is 9.33. The fraction of sp³-hybridized carbons (Fsp3) is 0.127. The summed E-state index contributed by atoms with van der Waals surface area (Å²) < 4.78 is 2.47. The zero-order valence-electron chi connectivity index (χ0n) is 39.8. The lowest BCUT2D eigenvalue weighted by molar-refractivity contribution is 0.590. The van der Waals surface area contributed by atoms with E-state index in [2.05, 4.69) is 261 Å². The second-order valence-corrected chi connectivity index (χ2v) is 21.0. The van der Waals surface area contributed by atoms with E-state index >= 15 is 0 Å². The first kappa shape index (κ1) is 41.0. The summed E-state index contributed by atoms with van der Waals surface area (Å²) in [7, 11) is 0. The smallest absolute Gasteiger partial charge is 0.252 e. The Balaban J connectivity index is 1.08. The van der Waals surface area contributed by atoms with Gasteiger partial charge in [0.15, 0.2) is 0 Å². The quantitative estimate of drug-likeness (QED) is 0.161. The summed E-state index contributed by atoms with van der Waals surface area (Å²) in [6.45, 7) is 13.5. The van der Waals surface area contributed by atoms with Gasteiger partial charge in [-0.25, -0.2) is 0 Å². The van der Waals surface area contributed by atoms with Crippen molar-refractivity contribution in [2.75, 3.05) is 14.7 Å². The second kappa shape index (κ2) is 14.9. The SMILES string of the molecule is CC(C)(C)c1ccc(N(c2ccc(C(C)(C)C)cc2)c2ccc3c(c2)N(c2ccc(-c4ccccc4)cc2)c2cc(C#N)cc4c2B3c2cccc3c2N4c2cccc4c5ccccc5n-3c24)cc1. The van der Waals surface area contributed by atoms with Gasteiger partial charge in [-0.2, -0.15) is 5.26 Å². The lowest BCUT2D eigenvalue weighted by Crippen LogP contribution is -2.61. The Morgan fingerprint density at radius 3 is 1.71 bits per heavy atom. The van der Waals surface area contributed by atoms with Crippen LogP contribution in [0, 0.1) is 11.3 Å². The minimum absolute atomic E-state index is 0.0172. The average molecular weight is 888 g/mol. The Bertz CT molecular complexity index is 3700. The lowest BCUT2D eigenvalue weighted by Gasteiger charge is -2.46. The normalized spacial score (nSPS) is 13.3. The van der Waals surface area contributed by atoms with E-state index in [1.807, 2.05) is 0 Å². The summed E-state index contributed by atoms with van der Waals surface area (Å²) in [6, 6.07) is 73.9. The van der Waals surface area contributed by atoms with Crippen LogP contribution < -0.4 is 31.1 Å². The van der Waals surface area contributed by atoms with Crippen LogP contribution in [-0.2, 0) is 10.8 Å². The number of fused-ring (bicyclic) bond motifs is 9. The Morgan fingerprint density at radius 1 is 0.464 bits per heavy atom. The number of hydrogen-bond acceptors (Lipinski definition) is 4. The molecule has 0 spiro atoms. The van der Waals surface area contributed by atoms with Gasteiger partial charge in [0.25, 0.3) is 6.71 Å². The summed E-state index contributed by atoms with van der Waals surface area (Å²) in [5.74, 6) is 0. The molecule has 1 aromatic heterocycles. The number of rotatable bonds is 5. The first-order valence-electron chi connectivity index (χ1n) is 24.1. The van der Waals surface area contributed by atoms with E-state index in [-0.39, 0.29) is 17.5 Å². The van der Waals surface area contributed by atoms with Gasteiger partial charge in [-0.1, -0.05) is 157 Å². The molecule has 0 atom stereocenters. The van der Waals surface area contributed by atoms with Crippen LogP contribution in [0.3, 0.4) is 0 Å². The molecular weight excluding hydrogens is 838 g/mol. The molecule has 6 heteroatoms. The Morgan fingerprint density at radius 2 is 1.04 bits per heavy atom. The zero-order valence-corrected chi connectivity index (χ0v) is 39.8. The number of aromatic nitrogens is 1. The number of nitrogens with zero attached hydrogens (tertiary/aromatic N) is 5. The summed E-state index contributed by atoms with van der Waals surface area (Å²) in [5.41, 5.74) is 22.4. The highest BCUT2D eigenvalue weighted by Crippen LogP contribution is 2.53. The second-order valence-electron chi connectivity index (χ2n) is 21.0. The van der Waals surface area contributed by atoms with E-state index in [9.17, 15) is 5.26 Å². The first-order valence-corrected chi connectivity index (χ1v) is 24.1. The molecule has 10 aromatic rings. The van der Waals surface area contributed by atoms with Crippen LogP contribution in [0.15, 0.2) is 194 Å². The van der Waals surface area contributed by atoms with E-state index in [1.165, 1.54) is 54.9 Å². The predicted molar refractivity (Wildman–Crippen MR) is 291 cm³/mol. The summed E-state index contributed by atoms with van der Waals surface area (Å²) in [6.07, 6.45) is 0. The molecule has 0 saturated carbocycles. The van der Waals surface area contributed by atoms with Gasteiger partial charge in [-0.3, -0.25) is 0 Å². The molecular formula is C63H50BN5. The average Bonchev–Trinajstić information content (AvgIpc) is 3.71. The van der Waals surface area contributed by atoms with Gasteiger partial charge in [0, 0.05) is 50.6 Å². The third-order valence-electron chi connectivity index (χ3n) is 14.8. The highest BCUT2D eigenvalue weighted by Gasteiger charge is 2.46. The maximum Gasteiger partial charge on any atom is 0.252 e. The fourth-order valence-electron chi connectivity index (χ4n) is 11.5. The monoisotopic (exact) mass is 887 g/mol. The van der Waals surface area contributed by atoms with Crippen molar-refractivity contribution in [3.8, 4) is 22.9 Å². The molecule has 3 aliphatic heterocycles. The first-order chi connectivity index (χ1) is 33.5. The van der Waals surface area contributed by atoms with Crippen LogP contribution in [0.2, 0.25) is 0 Å². The molecule has 0 aliphatic carbocycles. The van der Waals surface area contributed by atoms with Crippen molar-refractivity contribution in [1.82, 2.24) is 4.57 Å². The van der Waals surface area contributed by atoms with Crippen molar-refractivity contribution in [1.29, 1.82) is 5.26 Å². The van der Waals surface area contributed by atoms with E-state index < -0.39 is 0 Å². The molecule has 0 radical (unpaired) electrons. The van der Waals surface area contributed by atoms with Gasteiger partial charge in [-0.15, -0.1) is 0 Å². The minimum atomic E-state index is -0.119. The van der Waals surface area contributed by atoms with E-state index in [4.69, 9.17) is 0 Å². The standard InChI is InChI=1S/C63H50BN5/c1-62(2,3)43-24-30-45(31-25-43)66(46-32-26-44(27-33-46)63(4,5)6)48-34-35-51-56(38-48)67(47-28-22-42(23-29-47)41-14-8-7-9-15-41)57-36-40(39-65)37-58-59(57)64(51)52-18-13-21-55-61(52)69(58)54-20-12-17-50-49-16-10-11-19-53(49)68(55)60(50)54/h7-38H,1-6H3. The summed E-state index contributed by atoms with van der Waals surface area (Å²) in [4.78, 5) is 7.28. The maximum atomic E-state index is 11.0. The molecule has 0 unspecified atom stereocenters. The van der Waals surface area contributed by atoms with Crippen molar-refractivity contribution < 1.29 is 0 Å². The summed E-state index contributed by atoms with van der Waals surface area (Å²) >= 11 is 0. The third-order valence-corrected chi connectivity index (χ3v) is 14.8. The van der Waals surface area contributed by atoms with Gasteiger partial charge in [0.2, 0.25) is 0 Å². The Hall–Kier alpha value is -8.27. The number of anilines is 9. The molecule has 3 aliphatic rings. The van der Waals surface area contributed by atoms with Crippen LogP contribution in [0.25, 0.3) is 38.6 Å². The van der Waals surface area contributed by atoms with Crippen LogP contribution in [0.5, 0.6) is 0 Å². The molecule has 0 bridgehead atoms. The van der Waals surface area contributed by atoms with Crippen LogP contribution in [-0.4, -0.2) is 11.3 Å². The zero-order chi connectivity index (χ0) is 46.9. The van der Waals surface area contributed by atoms with Crippen LogP contribution in [0.4, 0.5) is 51.2 Å². The number of hydrogen-bond donors (Lipinski definition) is 0. The molecule has 5 nitrogen and oxygen atoms in total. The van der Waals surface area contributed by atoms with Crippen molar-refractivity contribution in [2.45, 2.75) is 52.4 Å². The van der Waals surface area contributed by atoms with Gasteiger partial charge < -0.3 is 19.3 Å². The number of para-hydroxylation sites is 3. The third kappa shape index (κ3) is 6.16. The topological polar surface area (TPSA) is 38.4 Å².